The third-order valence-electron chi connectivity index (χ3n) is 3.51. The molecule has 0 spiro atoms. The standard InChI is InChI=1S/C14H19ClN2O/c1-3-16-13-8-9-17(14(13)18)10(2)11-4-6-12(15)7-5-11/h4-7,10,13,16H,3,8-9H2,1-2H3. The molecular formula is C14H19ClN2O. The van der Waals surface area contributed by atoms with Crippen LogP contribution < -0.4 is 5.32 Å². The lowest BCUT2D eigenvalue weighted by atomic mass is 10.1. The number of amides is 1. The van der Waals surface area contributed by atoms with E-state index in [9.17, 15) is 4.79 Å². The molecule has 1 aromatic rings. The van der Waals surface area contributed by atoms with Crippen molar-refractivity contribution in [3.8, 4) is 0 Å². The maximum atomic E-state index is 12.2. The number of halogens is 1. The van der Waals surface area contributed by atoms with Crippen LogP contribution in [0.4, 0.5) is 0 Å². The fourth-order valence-electron chi connectivity index (χ4n) is 2.44. The number of nitrogens with one attached hydrogen (secondary N) is 1. The molecule has 2 rings (SSSR count). The third-order valence-corrected chi connectivity index (χ3v) is 3.76. The molecule has 3 nitrogen and oxygen atoms in total. The molecule has 2 atom stereocenters. The molecule has 1 aromatic carbocycles. The molecule has 1 heterocycles. The normalized spacial score (nSPS) is 21.4. The van der Waals surface area contributed by atoms with E-state index in [1.165, 1.54) is 0 Å². The molecule has 0 aromatic heterocycles. The third kappa shape index (κ3) is 2.68. The molecule has 0 saturated carbocycles. The molecule has 2 unspecified atom stereocenters. The van der Waals surface area contributed by atoms with Gasteiger partial charge in [-0.05, 0) is 37.6 Å². The van der Waals surface area contributed by atoms with Gasteiger partial charge in [0.15, 0.2) is 0 Å². The van der Waals surface area contributed by atoms with Gasteiger partial charge >= 0.3 is 0 Å². The lowest BCUT2D eigenvalue weighted by Crippen LogP contribution is -2.39. The first-order valence-electron chi connectivity index (χ1n) is 6.42. The van der Waals surface area contributed by atoms with Crippen LogP contribution in [0.5, 0.6) is 0 Å². The summed E-state index contributed by atoms with van der Waals surface area (Å²) >= 11 is 5.88. The molecule has 1 amide bonds. The average molecular weight is 267 g/mol. The Bertz CT molecular complexity index is 418. The van der Waals surface area contributed by atoms with E-state index in [1.54, 1.807) is 0 Å². The highest BCUT2D eigenvalue weighted by Crippen LogP contribution is 2.26. The van der Waals surface area contributed by atoms with Crippen LogP contribution in [0.25, 0.3) is 0 Å². The van der Waals surface area contributed by atoms with Crippen molar-refractivity contribution in [3.63, 3.8) is 0 Å². The molecule has 1 aliphatic heterocycles. The van der Waals surface area contributed by atoms with Gasteiger partial charge in [-0.1, -0.05) is 30.7 Å². The number of hydrogen-bond donors (Lipinski definition) is 1. The lowest BCUT2D eigenvalue weighted by molar-refractivity contribution is -0.131. The van der Waals surface area contributed by atoms with Crippen LogP contribution in [-0.4, -0.2) is 29.9 Å². The van der Waals surface area contributed by atoms with Gasteiger partial charge in [-0.2, -0.15) is 0 Å². The molecule has 0 aliphatic carbocycles. The van der Waals surface area contributed by atoms with Gasteiger partial charge in [0.05, 0.1) is 12.1 Å². The summed E-state index contributed by atoms with van der Waals surface area (Å²) in [6.07, 6.45) is 0.893. The first-order valence-corrected chi connectivity index (χ1v) is 6.80. The quantitative estimate of drug-likeness (QED) is 0.909. The fourth-order valence-corrected chi connectivity index (χ4v) is 2.57. The predicted molar refractivity (Wildman–Crippen MR) is 73.7 cm³/mol. The van der Waals surface area contributed by atoms with E-state index in [4.69, 9.17) is 11.6 Å². The van der Waals surface area contributed by atoms with Crippen LogP contribution in [0.1, 0.15) is 31.9 Å². The minimum Gasteiger partial charge on any atom is -0.335 e. The van der Waals surface area contributed by atoms with Gasteiger partial charge in [0.2, 0.25) is 5.91 Å². The van der Waals surface area contributed by atoms with Crippen LogP contribution in [0.15, 0.2) is 24.3 Å². The Kier molecular flexibility index (Phi) is 4.25. The molecule has 1 saturated heterocycles. The number of likely N-dealkylation sites (N-methyl/N-ethyl adjacent to an activating group) is 1. The van der Waals surface area contributed by atoms with Crippen LogP contribution >= 0.6 is 11.6 Å². The molecule has 0 bridgehead atoms. The second-order valence-corrected chi connectivity index (χ2v) is 5.09. The Morgan fingerprint density at radius 2 is 2.11 bits per heavy atom. The van der Waals surface area contributed by atoms with Gasteiger partial charge in [0.25, 0.3) is 0 Å². The monoisotopic (exact) mass is 266 g/mol. The minimum absolute atomic E-state index is 0.00949. The van der Waals surface area contributed by atoms with Crippen LogP contribution in [0.3, 0.4) is 0 Å². The number of carbonyl (C=O) groups is 1. The fraction of sp³-hybridized carbons (Fsp3) is 0.500. The molecule has 1 N–H and O–H groups in total. The topological polar surface area (TPSA) is 32.3 Å². The largest absolute Gasteiger partial charge is 0.335 e. The maximum absolute atomic E-state index is 12.2. The van der Waals surface area contributed by atoms with Crippen molar-refractivity contribution in [1.29, 1.82) is 0 Å². The second-order valence-electron chi connectivity index (χ2n) is 4.66. The first kappa shape index (κ1) is 13.4. The summed E-state index contributed by atoms with van der Waals surface area (Å²) < 4.78 is 0. The predicted octanol–water partition coefficient (Wildman–Crippen LogP) is 2.61. The smallest absolute Gasteiger partial charge is 0.240 e. The van der Waals surface area contributed by atoms with E-state index >= 15 is 0 Å². The van der Waals surface area contributed by atoms with Crippen LogP contribution in [-0.2, 0) is 4.79 Å². The number of carbonyl (C=O) groups excluding carboxylic acids is 1. The molecule has 1 aliphatic rings. The van der Waals surface area contributed by atoms with Crippen molar-refractivity contribution >= 4 is 17.5 Å². The zero-order chi connectivity index (χ0) is 13.1. The van der Waals surface area contributed by atoms with Crippen molar-refractivity contribution in [2.45, 2.75) is 32.4 Å². The van der Waals surface area contributed by atoms with E-state index in [0.717, 1.165) is 30.1 Å². The summed E-state index contributed by atoms with van der Waals surface area (Å²) in [6, 6.07) is 7.82. The molecular weight excluding hydrogens is 248 g/mol. The molecule has 98 valence electrons. The van der Waals surface area contributed by atoms with Gasteiger partial charge in [-0.3, -0.25) is 4.79 Å². The molecule has 4 heteroatoms. The Balaban J connectivity index is 2.08. The number of benzene rings is 1. The van der Waals surface area contributed by atoms with E-state index in [2.05, 4.69) is 12.2 Å². The SMILES string of the molecule is CCNC1CCN(C(C)c2ccc(Cl)cc2)C1=O. The van der Waals surface area contributed by atoms with E-state index in [1.807, 2.05) is 36.1 Å². The van der Waals surface area contributed by atoms with Crippen molar-refractivity contribution in [2.24, 2.45) is 0 Å². The number of likely N-dealkylation sites (tertiary alicyclic amines) is 1. The number of rotatable bonds is 4. The van der Waals surface area contributed by atoms with Crippen molar-refractivity contribution in [2.75, 3.05) is 13.1 Å². The summed E-state index contributed by atoms with van der Waals surface area (Å²) in [5.41, 5.74) is 1.13. The van der Waals surface area contributed by atoms with Crippen molar-refractivity contribution in [1.82, 2.24) is 10.2 Å². The zero-order valence-electron chi connectivity index (χ0n) is 10.8. The Morgan fingerprint density at radius 1 is 1.44 bits per heavy atom. The maximum Gasteiger partial charge on any atom is 0.240 e. The lowest BCUT2D eigenvalue weighted by Gasteiger charge is -2.25. The van der Waals surface area contributed by atoms with E-state index in [-0.39, 0.29) is 18.0 Å². The van der Waals surface area contributed by atoms with Gasteiger partial charge in [0, 0.05) is 11.6 Å². The summed E-state index contributed by atoms with van der Waals surface area (Å²) in [7, 11) is 0. The van der Waals surface area contributed by atoms with E-state index in [0.29, 0.717) is 0 Å². The summed E-state index contributed by atoms with van der Waals surface area (Å²) in [6.45, 7) is 5.74. The highest BCUT2D eigenvalue weighted by Gasteiger charge is 2.33. The number of nitrogens with zero attached hydrogens (tertiary/aromatic N) is 1. The van der Waals surface area contributed by atoms with Crippen LogP contribution in [0, 0.1) is 0 Å². The highest BCUT2D eigenvalue weighted by atomic mass is 35.5. The summed E-state index contributed by atoms with van der Waals surface area (Å²) in [5, 5.41) is 3.95. The van der Waals surface area contributed by atoms with Gasteiger partial charge < -0.3 is 10.2 Å². The van der Waals surface area contributed by atoms with Gasteiger partial charge in [-0.15, -0.1) is 0 Å². The molecule has 1 fully saturated rings. The second kappa shape index (κ2) is 5.72. The Labute approximate surface area is 113 Å². The Morgan fingerprint density at radius 3 is 2.72 bits per heavy atom. The van der Waals surface area contributed by atoms with Gasteiger partial charge in [-0.25, -0.2) is 0 Å². The first-order chi connectivity index (χ1) is 8.63. The Hall–Kier alpha value is -1.06. The van der Waals surface area contributed by atoms with Crippen molar-refractivity contribution in [3.05, 3.63) is 34.9 Å². The summed E-state index contributed by atoms with van der Waals surface area (Å²) in [4.78, 5) is 14.2. The molecule has 18 heavy (non-hydrogen) atoms. The van der Waals surface area contributed by atoms with Gasteiger partial charge in [0.1, 0.15) is 0 Å². The number of hydrogen-bond acceptors (Lipinski definition) is 2. The minimum atomic E-state index is -0.00949. The highest BCUT2D eigenvalue weighted by molar-refractivity contribution is 6.30. The van der Waals surface area contributed by atoms with Crippen LogP contribution in [0.2, 0.25) is 5.02 Å². The molecule has 0 radical (unpaired) electrons. The van der Waals surface area contributed by atoms with Crippen molar-refractivity contribution < 1.29 is 4.79 Å². The average Bonchev–Trinajstić information content (AvgIpc) is 2.72. The van der Waals surface area contributed by atoms with E-state index < -0.39 is 0 Å². The zero-order valence-corrected chi connectivity index (χ0v) is 11.6. The summed E-state index contributed by atoms with van der Waals surface area (Å²) in [5.74, 6) is 0.208.